The number of nitrogens with one attached hydrogen (secondary N) is 1. The Labute approximate surface area is 87.7 Å². The summed E-state index contributed by atoms with van der Waals surface area (Å²) in [6.07, 6.45) is 4.69. The zero-order valence-electron chi connectivity index (χ0n) is 8.49. The summed E-state index contributed by atoms with van der Waals surface area (Å²) in [5.41, 5.74) is 3.53. The minimum atomic E-state index is -0.663. The van der Waals surface area contributed by atoms with Gasteiger partial charge in [-0.2, -0.15) is 5.10 Å². The topological polar surface area (TPSA) is 66.0 Å². The highest BCUT2D eigenvalue weighted by Crippen LogP contribution is 2.43. The van der Waals surface area contributed by atoms with E-state index in [9.17, 15) is 4.79 Å². The lowest BCUT2D eigenvalue weighted by atomic mass is 9.86. The molecule has 0 unspecified atom stereocenters. The van der Waals surface area contributed by atoms with E-state index in [-0.39, 0.29) is 5.92 Å². The number of fused-ring (bicyclic) bond motifs is 1. The van der Waals surface area contributed by atoms with E-state index in [1.54, 1.807) is 0 Å². The van der Waals surface area contributed by atoms with Crippen LogP contribution in [-0.2, 0) is 17.6 Å². The second-order valence-corrected chi connectivity index (χ2v) is 4.62. The van der Waals surface area contributed by atoms with Gasteiger partial charge < -0.3 is 5.11 Å². The quantitative estimate of drug-likeness (QED) is 0.770. The zero-order valence-corrected chi connectivity index (χ0v) is 8.49. The number of carboxylic acids is 1. The number of H-pyrrole nitrogens is 1. The number of aromatic nitrogens is 2. The number of rotatable bonds is 2. The smallest absolute Gasteiger partial charge is 0.306 e. The molecule has 1 aromatic rings. The number of nitrogens with zero attached hydrogens (tertiary/aromatic N) is 1. The molecule has 0 aliphatic heterocycles. The highest BCUT2D eigenvalue weighted by Gasteiger charge is 2.34. The summed E-state index contributed by atoms with van der Waals surface area (Å²) in [4.78, 5) is 11.0. The fraction of sp³-hybridized carbons (Fsp3) is 0.636. The second-order valence-electron chi connectivity index (χ2n) is 4.62. The van der Waals surface area contributed by atoms with Gasteiger partial charge in [-0.25, -0.2) is 0 Å². The van der Waals surface area contributed by atoms with E-state index < -0.39 is 5.97 Å². The lowest BCUT2D eigenvalue weighted by Gasteiger charge is -2.18. The predicted molar refractivity (Wildman–Crippen MR) is 53.7 cm³/mol. The van der Waals surface area contributed by atoms with Crippen molar-refractivity contribution in [1.29, 1.82) is 0 Å². The van der Waals surface area contributed by atoms with E-state index in [0.29, 0.717) is 12.3 Å². The number of aromatic amines is 1. The Morgan fingerprint density at radius 2 is 2.20 bits per heavy atom. The van der Waals surface area contributed by atoms with Gasteiger partial charge in [0.25, 0.3) is 0 Å². The molecule has 0 saturated heterocycles. The monoisotopic (exact) mass is 206 g/mol. The van der Waals surface area contributed by atoms with Gasteiger partial charge in [-0.3, -0.25) is 9.89 Å². The first-order valence-electron chi connectivity index (χ1n) is 5.54. The van der Waals surface area contributed by atoms with Gasteiger partial charge in [0, 0.05) is 11.6 Å². The summed E-state index contributed by atoms with van der Waals surface area (Å²) in [6, 6.07) is 0. The van der Waals surface area contributed by atoms with Crippen LogP contribution in [0.4, 0.5) is 0 Å². The summed E-state index contributed by atoms with van der Waals surface area (Å²) < 4.78 is 0. The van der Waals surface area contributed by atoms with Gasteiger partial charge in [0.1, 0.15) is 0 Å². The van der Waals surface area contributed by atoms with Crippen molar-refractivity contribution in [3.8, 4) is 0 Å². The summed E-state index contributed by atoms with van der Waals surface area (Å²) in [5, 5.41) is 16.4. The average Bonchev–Trinajstić information content (AvgIpc) is 2.98. The molecule has 15 heavy (non-hydrogen) atoms. The third-order valence-corrected chi connectivity index (χ3v) is 3.49. The fourth-order valence-corrected chi connectivity index (χ4v) is 2.42. The largest absolute Gasteiger partial charge is 0.481 e. The Morgan fingerprint density at radius 3 is 2.87 bits per heavy atom. The summed E-state index contributed by atoms with van der Waals surface area (Å²) in [5.74, 6) is -0.256. The highest BCUT2D eigenvalue weighted by molar-refractivity contribution is 5.71. The molecule has 4 nitrogen and oxygen atoms in total. The standard InChI is InChI=1S/C11H14N2O2/c14-11(15)7-3-4-9-8(5-7)10(13-12-9)6-1-2-6/h6-7H,1-5H2,(H,12,13)(H,14,15)/t7-/m1/s1. The molecule has 1 heterocycles. The van der Waals surface area contributed by atoms with Crippen LogP contribution in [0.1, 0.15) is 42.1 Å². The maximum atomic E-state index is 11.0. The number of hydrogen-bond acceptors (Lipinski definition) is 2. The van der Waals surface area contributed by atoms with Crippen LogP contribution in [0.15, 0.2) is 0 Å². The Bertz CT molecular complexity index is 407. The third-order valence-electron chi connectivity index (χ3n) is 3.49. The third kappa shape index (κ3) is 1.44. The fourth-order valence-electron chi connectivity index (χ4n) is 2.42. The van der Waals surface area contributed by atoms with E-state index in [1.165, 1.54) is 24.1 Å². The molecule has 0 bridgehead atoms. The SMILES string of the molecule is O=C(O)[C@@H]1CCc2[nH]nc(C3CC3)c2C1. The van der Waals surface area contributed by atoms with Crippen molar-refractivity contribution in [2.75, 3.05) is 0 Å². The van der Waals surface area contributed by atoms with E-state index in [4.69, 9.17) is 5.11 Å². The maximum Gasteiger partial charge on any atom is 0.306 e. The van der Waals surface area contributed by atoms with Crippen LogP contribution in [0.25, 0.3) is 0 Å². The van der Waals surface area contributed by atoms with Crippen molar-refractivity contribution in [1.82, 2.24) is 10.2 Å². The molecule has 1 atom stereocenters. The van der Waals surface area contributed by atoms with E-state index >= 15 is 0 Å². The molecule has 0 radical (unpaired) electrons. The van der Waals surface area contributed by atoms with Crippen LogP contribution < -0.4 is 0 Å². The molecule has 3 rings (SSSR count). The minimum Gasteiger partial charge on any atom is -0.481 e. The average molecular weight is 206 g/mol. The number of hydrogen-bond donors (Lipinski definition) is 2. The number of aliphatic carboxylic acids is 1. The lowest BCUT2D eigenvalue weighted by Crippen LogP contribution is -2.22. The first-order valence-corrected chi connectivity index (χ1v) is 5.54. The number of carboxylic acid groups (broad SMARTS) is 1. The second kappa shape index (κ2) is 3.08. The molecule has 80 valence electrons. The van der Waals surface area contributed by atoms with Crippen LogP contribution in [0, 0.1) is 5.92 Å². The molecule has 2 aliphatic carbocycles. The predicted octanol–water partition coefficient (Wildman–Crippen LogP) is 1.48. The van der Waals surface area contributed by atoms with Gasteiger partial charge in [0.15, 0.2) is 0 Å². The first kappa shape index (κ1) is 8.95. The molecular weight excluding hydrogens is 192 g/mol. The summed E-state index contributed by atoms with van der Waals surface area (Å²) in [6.45, 7) is 0. The molecule has 2 N–H and O–H groups in total. The number of aryl methyl sites for hydroxylation is 1. The highest BCUT2D eigenvalue weighted by atomic mass is 16.4. The van der Waals surface area contributed by atoms with Crippen molar-refractivity contribution in [2.24, 2.45) is 5.92 Å². The van der Waals surface area contributed by atoms with Gasteiger partial charge in [0.2, 0.25) is 0 Å². The van der Waals surface area contributed by atoms with E-state index in [1.807, 2.05) is 0 Å². The zero-order chi connectivity index (χ0) is 10.4. The van der Waals surface area contributed by atoms with Crippen LogP contribution in [0.3, 0.4) is 0 Å². The molecule has 1 saturated carbocycles. The Balaban J connectivity index is 1.91. The van der Waals surface area contributed by atoms with Gasteiger partial charge >= 0.3 is 5.97 Å². The molecule has 1 aromatic heterocycles. The van der Waals surface area contributed by atoms with Crippen LogP contribution in [-0.4, -0.2) is 21.3 Å². The van der Waals surface area contributed by atoms with Crippen molar-refractivity contribution in [3.05, 3.63) is 17.0 Å². The van der Waals surface area contributed by atoms with E-state index in [2.05, 4.69) is 10.2 Å². The summed E-state index contributed by atoms with van der Waals surface area (Å²) in [7, 11) is 0. The number of carbonyl (C=O) groups is 1. The molecule has 2 aliphatic rings. The van der Waals surface area contributed by atoms with Crippen molar-refractivity contribution in [2.45, 2.75) is 38.0 Å². The first-order chi connectivity index (χ1) is 7.25. The van der Waals surface area contributed by atoms with Crippen molar-refractivity contribution < 1.29 is 9.90 Å². The van der Waals surface area contributed by atoms with Crippen LogP contribution in [0.5, 0.6) is 0 Å². The lowest BCUT2D eigenvalue weighted by molar-refractivity contribution is -0.142. The normalized spacial score (nSPS) is 24.9. The van der Waals surface area contributed by atoms with E-state index in [0.717, 1.165) is 18.5 Å². The maximum absolute atomic E-state index is 11.0. The van der Waals surface area contributed by atoms with Crippen LogP contribution >= 0.6 is 0 Å². The summed E-state index contributed by atoms with van der Waals surface area (Å²) >= 11 is 0. The van der Waals surface area contributed by atoms with Crippen molar-refractivity contribution in [3.63, 3.8) is 0 Å². The molecule has 4 heteroatoms. The molecular formula is C11H14N2O2. The van der Waals surface area contributed by atoms with Gasteiger partial charge in [-0.05, 0) is 37.7 Å². The molecule has 0 aromatic carbocycles. The molecule has 1 fully saturated rings. The Hall–Kier alpha value is -1.32. The Kier molecular flexibility index (Phi) is 1.84. The van der Waals surface area contributed by atoms with Crippen LogP contribution in [0.2, 0.25) is 0 Å². The van der Waals surface area contributed by atoms with Crippen molar-refractivity contribution >= 4 is 5.97 Å². The minimum absolute atomic E-state index is 0.201. The van der Waals surface area contributed by atoms with Gasteiger partial charge in [0.05, 0.1) is 11.6 Å². The van der Waals surface area contributed by atoms with Gasteiger partial charge in [-0.15, -0.1) is 0 Å². The molecule has 0 amide bonds. The Morgan fingerprint density at radius 1 is 1.40 bits per heavy atom. The van der Waals surface area contributed by atoms with Gasteiger partial charge in [-0.1, -0.05) is 0 Å². The molecule has 0 spiro atoms.